The van der Waals surface area contributed by atoms with Crippen LogP contribution >= 0.6 is 11.9 Å². The monoisotopic (exact) mass is 572 g/mol. The molecule has 1 unspecified atom stereocenters. The zero-order valence-corrected chi connectivity index (χ0v) is 25.2. The number of fused-ring (bicyclic) bond motifs is 1. The highest BCUT2D eigenvalue weighted by Crippen LogP contribution is 2.31. The Kier molecular flexibility index (Phi) is 8.14. The van der Waals surface area contributed by atoms with Crippen molar-refractivity contribution in [2.75, 3.05) is 42.5 Å². The minimum absolute atomic E-state index is 0.102. The number of likely N-dealkylation sites (tertiary alicyclic amines) is 2. The van der Waals surface area contributed by atoms with Gasteiger partial charge in [-0.05, 0) is 69.0 Å². The van der Waals surface area contributed by atoms with Gasteiger partial charge in [0.1, 0.15) is 5.82 Å². The summed E-state index contributed by atoms with van der Waals surface area (Å²) in [5.41, 5.74) is 6.60. The minimum atomic E-state index is 0.102. The predicted molar refractivity (Wildman–Crippen MR) is 166 cm³/mol. The summed E-state index contributed by atoms with van der Waals surface area (Å²) in [6, 6.07) is 11.4. The van der Waals surface area contributed by atoms with Gasteiger partial charge in [-0.3, -0.25) is 14.6 Å². The van der Waals surface area contributed by atoms with Crippen molar-refractivity contribution in [1.29, 1.82) is 0 Å². The maximum atomic E-state index is 13.3. The Labute approximate surface area is 247 Å². The number of hydrogen-bond acceptors (Lipinski definition) is 9. The van der Waals surface area contributed by atoms with Gasteiger partial charge >= 0.3 is 0 Å². The van der Waals surface area contributed by atoms with Crippen LogP contribution in [0.3, 0.4) is 0 Å². The van der Waals surface area contributed by atoms with E-state index in [1.54, 1.807) is 6.20 Å². The number of anilines is 3. The third-order valence-electron chi connectivity index (χ3n) is 8.69. The van der Waals surface area contributed by atoms with Crippen LogP contribution in [0.2, 0.25) is 0 Å². The van der Waals surface area contributed by atoms with Crippen molar-refractivity contribution in [2.45, 2.75) is 64.7 Å². The Bertz CT molecular complexity index is 1390. The van der Waals surface area contributed by atoms with E-state index in [0.717, 1.165) is 69.2 Å². The van der Waals surface area contributed by atoms with Gasteiger partial charge in [-0.15, -0.1) is 0 Å². The molecule has 0 aliphatic carbocycles. The smallest absolute Gasteiger partial charge is 0.254 e. The zero-order valence-electron chi connectivity index (χ0n) is 24.4. The second-order valence-electron chi connectivity index (χ2n) is 11.8. The van der Waals surface area contributed by atoms with E-state index < -0.39 is 0 Å². The summed E-state index contributed by atoms with van der Waals surface area (Å²) in [4.78, 5) is 34.3. The van der Waals surface area contributed by atoms with Crippen LogP contribution in [0.1, 0.15) is 52.5 Å². The summed E-state index contributed by atoms with van der Waals surface area (Å²) in [6.45, 7) is 11.4. The Balaban J connectivity index is 0.996. The highest BCUT2D eigenvalue weighted by molar-refractivity contribution is 7.99. The number of benzene rings is 1. The van der Waals surface area contributed by atoms with Gasteiger partial charge in [0.15, 0.2) is 0 Å². The van der Waals surface area contributed by atoms with E-state index in [2.05, 4.69) is 68.8 Å². The molecule has 0 spiro atoms. The molecule has 0 radical (unpaired) electrons. The van der Waals surface area contributed by atoms with Crippen LogP contribution in [-0.2, 0) is 13.0 Å². The highest BCUT2D eigenvalue weighted by atomic mass is 32.2. The zero-order chi connectivity index (χ0) is 28.5. The molecule has 2 aromatic heterocycles. The summed E-state index contributed by atoms with van der Waals surface area (Å²) < 4.78 is 3.12. The van der Waals surface area contributed by atoms with E-state index in [4.69, 9.17) is 4.98 Å². The Hall–Kier alpha value is -3.21. The molecular weight excluding hydrogens is 532 g/mol. The van der Waals surface area contributed by atoms with Gasteiger partial charge in [-0.2, -0.15) is 0 Å². The molecule has 216 valence electrons. The van der Waals surface area contributed by atoms with E-state index in [1.165, 1.54) is 28.6 Å². The first-order valence-corrected chi connectivity index (χ1v) is 15.8. The maximum absolute atomic E-state index is 13.3. The van der Waals surface area contributed by atoms with Crippen molar-refractivity contribution in [1.82, 2.24) is 29.7 Å². The fourth-order valence-corrected chi connectivity index (χ4v) is 6.89. The first-order chi connectivity index (χ1) is 19.9. The number of carbonyl (C=O) groups is 1. The number of carbonyl (C=O) groups excluding carboxylic acids is 1. The normalized spacial score (nSPS) is 21.7. The Morgan fingerprint density at radius 2 is 1.83 bits per heavy atom. The van der Waals surface area contributed by atoms with E-state index in [-0.39, 0.29) is 11.9 Å². The standard InChI is InChI=1S/C31H40N8OS/c1-20-11-21(2)13-25(12-20)34-31-33-16-24-17-37(9-7-28(24)35-31)27-18-38(19-27)26-6-10-39(22(3)14-26)30(40)23-5-8-32-29(15-23)36-41-4/h5,8,11-13,15-16,22,26-27H,6-7,9-10,14,17-19H2,1-4H3,(H,32,36)(H,33,34,35)/t22-,26?/m1/s1. The van der Waals surface area contributed by atoms with Gasteiger partial charge in [0, 0.05) is 92.7 Å². The maximum Gasteiger partial charge on any atom is 0.254 e. The fourth-order valence-electron chi connectivity index (χ4n) is 6.57. The molecule has 2 fully saturated rings. The van der Waals surface area contributed by atoms with E-state index in [0.29, 0.717) is 23.6 Å². The molecule has 1 aromatic carbocycles. The lowest BCUT2D eigenvalue weighted by Crippen LogP contribution is -2.64. The van der Waals surface area contributed by atoms with E-state index >= 15 is 0 Å². The van der Waals surface area contributed by atoms with E-state index in [9.17, 15) is 4.79 Å². The van der Waals surface area contributed by atoms with Gasteiger partial charge in [0.05, 0.1) is 5.69 Å². The average Bonchev–Trinajstić information content (AvgIpc) is 2.92. The number of amides is 1. The van der Waals surface area contributed by atoms with Crippen LogP contribution in [-0.4, -0.2) is 86.1 Å². The van der Waals surface area contributed by atoms with Crippen LogP contribution in [0.4, 0.5) is 17.5 Å². The third-order valence-corrected chi connectivity index (χ3v) is 9.10. The molecular formula is C31H40N8OS. The molecule has 3 aromatic rings. The lowest BCUT2D eigenvalue weighted by atomic mass is 9.91. The minimum Gasteiger partial charge on any atom is -0.336 e. The summed E-state index contributed by atoms with van der Waals surface area (Å²) in [5, 5.41) is 3.39. The van der Waals surface area contributed by atoms with Crippen LogP contribution in [0, 0.1) is 13.8 Å². The number of rotatable bonds is 7. The summed E-state index contributed by atoms with van der Waals surface area (Å²) in [7, 11) is 0. The van der Waals surface area contributed by atoms with Crippen molar-refractivity contribution in [2.24, 2.45) is 0 Å². The van der Waals surface area contributed by atoms with Gasteiger partial charge in [0.2, 0.25) is 5.95 Å². The van der Waals surface area contributed by atoms with Gasteiger partial charge in [-0.1, -0.05) is 18.0 Å². The van der Waals surface area contributed by atoms with Crippen LogP contribution in [0.15, 0.2) is 42.7 Å². The number of nitrogens with zero attached hydrogens (tertiary/aromatic N) is 6. The molecule has 10 heteroatoms. The largest absolute Gasteiger partial charge is 0.336 e. The number of aromatic nitrogens is 3. The fraction of sp³-hybridized carbons (Fsp3) is 0.484. The first kappa shape index (κ1) is 27.9. The van der Waals surface area contributed by atoms with Crippen LogP contribution in [0.5, 0.6) is 0 Å². The Morgan fingerprint density at radius 1 is 1.02 bits per heavy atom. The van der Waals surface area contributed by atoms with Gasteiger partial charge in [0.25, 0.3) is 5.91 Å². The molecule has 0 saturated carbocycles. The molecule has 0 bridgehead atoms. The number of aryl methyl sites for hydroxylation is 2. The number of hydrogen-bond donors (Lipinski definition) is 2. The molecule has 3 aliphatic heterocycles. The lowest BCUT2D eigenvalue weighted by molar-refractivity contribution is -0.0259. The average molecular weight is 573 g/mol. The SMILES string of the molecule is CSNc1cc(C(=O)N2CCC(N3CC(N4CCc5nc(Nc6cc(C)cc(C)c6)ncc5C4)C3)C[C@H]2C)ccn1. The number of piperidine rings is 1. The second kappa shape index (κ2) is 12.0. The van der Waals surface area contributed by atoms with Crippen molar-refractivity contribution < 1.29 is 4.79 Å². The Morgan fingerprint density at radius 3 is 2.59 bits per heavy atom. The molecule has 3 aliphatic rings. The van der Waals surface area contributed by atoms with Crippen LogP contribution in [0.25, 0.3) is 0 Å². The summed E-state index contributed by atoms with van der Waals surface area (Å²) >= 11 is 1.48. The molecule has 2 N–H and O–H groups in total. The molecule has 2 saturated heterocycles. The van der Waals surface area contributed by atoms with Crippen molar-refractivity contribution >= 4 is 35.3 Å². The topological polar surface area (TPSA) is 89.5 Å². The lowest BCUT2D eigenvalue weighted by Gasteiger charge is -2.52. The molecule has 1 amide bonds. The highest BCUT2D eigenvalue weighted by Gasteiger charge is 2.40. The number of pyridine rings is 1. The summed E-state index contributed by atoms with van der Waals surface area (Å²) in [6.07, 6.45) is 8.66. The number of nitrogens with one attached hydrogen (secondary N) is 2. The molecule has 41 heavy (non-hydrogen) atoms. The molecule has 9 nitrogen and oxygen atoms in total. The third kappa shape index (κ3) is 6.19. The van der Waals surface area contributed by atoms with Crippen LogP contribution < -0.4 is 10.0 Å². The van der Waals surface area contributed by atoms with Gasteiger partial charge in [-0.25, -0.2) is 15.0 Å². The summed E-state index contributed by atoms with van der Waals surface area (Å²) in [5.74, 6) is 1.50. The second-order valence-corrected chi connectivity index (χ2v) is 12.4. The molecule has 2 atom stereocenters. The predicted octanol–water partition coefficient (Wildman–Crippen LogP) is 4.66. The molecule has 6 rings (SSSR count). The molecule has 5 heterocycles. The van der Waals surface area contributed by atoms with Gasteiger partial charge < -0.3 is 14.9 Å². The first-order valence-electron chi connectivity index (χ1n) is 14.6. The quantitative estimate of drug-likeness (QED) is 0.393. The van der Waals surface area contributed by atoms with Crippen molar-refractivity contribution in [3.8, 4) is 0 Å². The van der Waals surface area contributed by atoms with E-state index in [1.807, 2.05) is 29.5 Å². The van der Waals surface area contributed by atoms with Crippen molar-refractivity contribution in [3.63, 3.8) is 0 Å². The van der Waals surface area contributed by atoms with Crippen molar-refractivity contribution in [3.05, 3.63) is 70.7 Å².